The fraction of sp³-hybridized carbons (Fsp3) is 0.350. The number of hydrogen-bond donors (Lipinski definition) is 1. The van der Waals surface area contributed by atoms with Crippen LogP contribution in [0.2, 0.25) is 0 Å². The Morgan fingerprint density at radius 3 is 2.35 bits per heavy atom. The Hall–Kier alpha value is -2.73. The lowest BCUT2D eigenvalue weighted by Gasteiger charge is -2.26. The summed E-state index contributed by atoms with van der Waals surface area (Å²) in [5.41, 5.74) is 2.40. The van der Waals surface area contributed by atoms with E-state index in [0.29, 0.717) is 37.9 Å². The molecule has 1 aromatic carbocycles. The van der Waals surface area contributed by atoms with Gasteiger partial charge in [-0.2, -0.15) is 0 Å². The van der Waals surface area contributed by atoms with Gasteiger partial charge in [0.05, 0.1) is 13.2 Å². The van der Waals surface area contributed by atoms with Gasteiger partial charge < -0.3 is 15.0 Å². The molecule has 1 saturated heterocycles. The number of pyridine rings is 1. The molecular formula is C20H23N3O3. The molecular weight excluding hydrogens is 330 g/mol. The maximum Gasteiger partial charge on any atom is 0.274 e. The molecule has 1 N–H and O–H groups in total. The molecule has 2 aromatic rings. The van der Waals surface area contributed by atoms with E-state index in [2.05, 4.69) is 24.1 Å². The number of carbonyl (C=O) groups excluding carboxylic acids is 2. The van der Waals surface area contributed by atoms with Gasteiger partial charge in [0, 0.05) is 18.8 Å². The first kappa shape index (κ1) is 18.1. The molecule has 2 heterocycles. The quantitative estimate of drug-likeness (QED) is 0.917. The second-order valence-electron chi connectivity index (χ2n) is 6.54. The summed E-state index contributed by atoms with van der Waals surface area (Å²) in [7, 11) is 0. The number of hydrogen-bond acceptors (Lipinski definition) is 4. The zero-order valence-electron chi connectivity index (χ0n) is 15.1. The highest BCUT2D eigenvalue weighted by molar-refractivity contribution is 6.03. The summed E-state index contributed by atoms with van der Waals surface area (Å²) >= 11 is 0. The van der Waals surface area contributed by atoms with Crippen LogP contribution < -0.4 is 5.32 Å². The molecule has 6 heteroatoms. The molecule has 0 unspecified atom stereocenters. The van der Waals surface area contributed by atoms with Gasteiger partial charge in [-0.15, -0.1) is 0 Å². The molecule has 0 radical (unpaired) electrons. The Balaban J connectivity index is 1.70. The molecule has 1 fully saturated rings. The van der Waals surface area contributed by atoms with Crippen molar-refractivity contribution in [2.45, 2.75) is 19.8 Å². The van der Waals surface area contributed by atoms with E-state index in [1.807, 2.05) is 24.3 Å². The second-order valence-corrected chi connectivity index (χ2v) is 6.54. The maximum absolute atomic E-state index is 12.5. The molecule has 0 atom stereocenters. The number of nitrogens with one attached hydrogen (secondary N) is 1. The highest BCUT2D eigenvalue weighted by Gasteiger charge is 2.20. The van der Waals surface area contributed by atoms with Crippen molar-refractivity contribution < 1.29 is 14.3 Å². The van der Waals surface area contributed by atoms with Crippen LogP contribution in [0.3, 0.4) is 0 Å². The van der Waals surface area contributed by atoms with Crippen molar-refractivity contribution in [3.8, 4) is 0 Å². The summed E-state index contributed by atoms with van der Waals surface area (Å²) in [6.07, 6.45) is 0. The molecule has 0 bridgehead atoms. The van der Waals surface area contributed by atoms with E-state index in [9.17, 15) is 9.59 Å². The first-order valence-electron chi connectivity index (χ1n) is 8.80. The predicted molar refractivity (Wildman–Crippen MR) is 99.4 cm³/mol. The lowest BCUT2D eigenvalue weighted by Crippen LogP contribution is -2.41. The van der Waals surface area contributed by atoms with Crippen molar-refractivity contribution in [1.82, 2.24) is 9.88 Å². The van der Waals surface area contributed by atoms with Crippen molar-refractivity contribution in [3.63, 3.8) is 0 Å². The average Bonchev–Trinajstić information content (AvgIpc) is 2.68. The van der Waals surface area contributed by atoms with Crippen LogP contribution in [0.1, 0.15) is 46.3 Å². The summed E-state index contributed by atoms with van der Waals surface area (Å²) in [4.78, 5) is 30.9. The van der Waals surface area contributed by atoms with Crippen molar-refractivity contribution in [1.29, 1.82) is 0 Å². The third kappa shape index (κ3) is 4.26. The molecule has 0 saturated carbocycles. The van der Waals surface area contributed by atoms with Crippen LogP contribution in [0.4, 0.5) is 5.69 Å². The Morgan fingerprint density at radius 2 is 1.69 bits per heavy atom. The Labute approximate surface area is 153 Å². The lowest BCUT2D eigenvalue weighted by atomic mass is 10.0. The summed E-state index contributed by atoms with van der Waals surface area (Å²) in [6, 6.07) is 12.6. The van der Waals surface area contributed by atoms with Gasteiger partial charge in [0.1, 0.15) is 11.4 Å². The summed E-state index contributed by atoms with van der Waals surface area (Å²) in [6.45, 7) is 6.37. The van der Waals surface area contributed by atoms with Gasteiger partial charge in [0.2, 0.25) is 0 Å². The molecule has 1 aliphatic heterocycles. The fourth-order valence-electron chi connectivity index (χ4n) is 2.76. The van der Waals surface area contributed by atoms with E-state index in [1.54, 1.807) is 23.1 Å². The van der Waals surface area contributed by atoms with Gasteiger partial charge in [-0.25, -0.2) is 4.98 Å². The molecule has 3 rings (SSSR count). The summed E-state index contributed by atoms with van der Waals surface area (Å²) in [5, 5.41) is 2.82. The molecule has 0 aliphatic carbocycles. The smallest absolute Gasteiger partial charge is 0.274 e. The Kier molecular flexibility index (Phi) is 5.63. The fourth-order valence-corrected chi connectivity index (χ4v) is 2.76. The molecule has 6 nitrogen and oxygen atoms in total. The van der Waals surface area contributed by atoms with Crippen molar-refractivity contribution in [3.05, 3.63) is 59.4 Å². The molecule has 1 aromatic heterocycles. The minimum atomic E-state index is -0.334. The predicted octanol–water partition coefficient (Wildman–Crippen LogP) is 2.93. The van der Waals surface area contributed by atoms with Crippen LogP contribution in [-0.4, -0.2) is 48.0 Å². The van der Waals surface area contributed by atoms with Crippen molar-refractivity contribution in [2.75, 3.05) is 31.6 Å². The number of morpholine rings is 1. The largest absolute Gasteiger partial charge is 0.378 e. The summed E-state index contributed by atoms with van der Waals surface area (Å²) < 4.78 is 5.26. The maximum atomic E-state index is 12.5. The van der Waals surface area contributed by atoms with Crippen molar-refractivity contribution >= 4 is 17.5 Å². The number of carbonyl (C=O) groups is 2. The van der Waals surface area contributed by atoms with Crippen molar-refractivity contribution in [2.24, 2.45) is 0 Å². The minimum absolute atomic E-state index is 0.177. The average molecular weight is 353 g/mol. The minimum Gasteiger partial charge on any atom is -0.378 e. The highest BCUT2D eigenvalue weighted by atomic mass is 16.5. The van der Waals surface area contributed by atoms with Crippen LogP contribution >= 0.6 is 0 Å². The number of ether oxygens (including phenoxy) is 1. The zero-order valence-corrected chi connectivity index (χ0v) is 15.1. The highest BCUT2D eigenvalue weighted by Crippen LogP contribution is 2.17. The standard InChI is InChI=1S/C20H23N3O3/c1-14(2)15-6-8-16(9-7-15)21-19(24)17-4-3-5-18(22-17)20(25)23-10-12-26-13-11-23/h3-9,14H,10-13H2,1-2H3,(H,21,24). The van der Waals surface area contributed by atoms with Gasteiger partial charge in [0.15, 0.2) is 0 Å². The number of benzene rings is 1. The van der Waals surface area contributed by atoms with Crippen LogP contribution in [0.25, 0.3) is 0 Å². The van der Waals surface area contributed by atoms with Crippen LogP contribution in [0.5, 0.6) is 0 Å². The molecule has 2 amide bonds. The number of anilines is 1. The number of aromatic nitrogens is 1. The normalized spacial score (nSPS) is 14.3. The van der Waals surface area contributed by atoms with E-state index in [-0.39, 0.29) is 23.2 Å². The van der Waals surface area contributed by atoms with E-state index >= 15 is 0 Å². The van der Waals surface area contributed by atoms with Gasteiger partial charge in [-0.3, -0.25) is 9.59 Å². The topological polar surface area (TPSA) is 71.5 Å². The van der Waals surface area contributed by atoms with Crippen LogP contribution in [0.15, 0.2) is 42.5 Å². The SMILES string of the molecule is CC(C)c1ccc(NC(=O)c2cccc(C(=O)N3CCOCC3)n2)cc1. The van der Waals surface area contributed by atoms with Gasteiger partial charge in [-0.1, -0.05) is 32.0 Å². The molecule has 1 aliphatic rings. The van der Waals surface area contributed by atoms with Crippen LogP contribution in [-0.2, 0) is 4.74 Å². The number of rotatable bonds is 4. The summed E-state index contributed by atoms with van der Waals surface area (Å²) in [5.74, 6) is -0.0764. The molecule has 136 valence electrons. The number of amides is 2. The first-order valence-corrected chi connectivity index (χ1v) is 8.80. The monoisotopic (exact) mass is 353 g/mol. The zero-order chi connectivity index (χ0) is 18.5. The van der Waals surface area contributed by atoms with E-state index < -0.39 is 0 Å². The Morgan fingerprint density at radius 1 is 1.04 bits per heavy atom. The van der Waals surface area contributed by atoms with E-state index in [4.69, 9.17) is 4.74 Å². The van der Waals surface area contributed by atoms with E-state index in [0.717, 1.165) is 0 Å². The van der Waals surface area contributed by atoms with E-state index in [1.165, 1.54) is 5.56 Å². The Bertz CT molecular complexity index is 781. The molecule has 0 spiro atoms. The van der Waals surface area contributed by atoms with Gasteiger partial charge in [-0.05, 0) is 35.7 Å². The first-order chi connectivity index (χ1) is 12.5. The third-order valence-corrected chi connectivity index (χ3v) is 4.33. The van der Waals surface area contributed by atoms with Crippen LogP contribution in [0, 0.1) is 0 Å². The van der Waals surface area contributed by atoms with Gasteiger partial charge >= 0.3 is 0 Å². The van der Waals surface area contributed by atoms with Gasteiger partial charge in [0.25, 0.3) is 11.8 Å². The number of nitrogens with zero attached hydrogens (tertiary/aromatic N) is 2. The second kappa shape index (κ2) is 8.10. The molecule has 26 heavy (non-hydrogen) atoms. The lowest BCUT2D eigenvalue weighted by molar-refractivity contribution is 0.0299. The third-order valence-electron chi connectivity index (χ3n) is 4.33.